The van der Waals surface area contributed by atoms with Gasteiger partial charge in [0, 0.05) is 30.6 Å². The second-order valence-electron chi connectivity index (χ2n) is 7.22. The van der Waals surface area contributed by atoms with E-state index in [1.54, 1.807) is 26.2 Å². The average Bonchev–Trinajstić information content (AvgIpc) is 3.32. The van der Waals surface area contributed by atoms with Crippen LogP contribution in [0.4, 0.5) is 10.2 Å². The van der Waals surface area contributed by atoms with E-state index in [1.165, 1.54) is 23.0 Å². The number of rotatable bonds is 0. The van der Waals surface area contributed by atoms with Gasteiger partial charge in [-0.1, -0.05) is 0 Å². The van der Waals surface area contributed by atoms with E-state index in [2.05, 4.69) is 26.1 Å². The van der Waals surface area contributed by atoms with Crippen molar-refractivity contribution < 1.29 is 9.13 Å². The third-order valence-electron chi connectivity index (χ3n) is 5.27. The van der Waals surface area contributed by atoms with Gasteiger partial charge in [0.1, 0.15) is 29.5 Å². The van der Waals surface area contributed by atoms with Gasteiger partial charge in [-0.3, -0.25) is 4.68 Å². The fraction of sp³-hybridized carbons (Fsp3) is 0.190. The summed E-state index contributed by atoms with van der Waals surface area (Å²) in [5.74, 6) is 0.431. The number of nitrogens with two attached hydrogens (primary N) is 1. The Morgan fingerprint density at radius 3 is 2.97 bits per heavy atom. The van der Waals surface area contributed by atoms with Gasteiger partial charge in [-0.15, -0.1) is 0 Å². The number of halogens is 1. The van der Waals surface area contributed by atoms with Crippen molar-refractivity contribution in [2.24, 2.45) is 7.05 Å². The molecule has 0 spiro atoms. The minimum atomic E-state index is -0.592. The van der Waals surface area contributed by atoms with Crippen molar-refractivity contribution in [3.8, 4) is 34.6 Å². The molecule has 1 atom stereocenters. The normalized spacial score (nSPS) is 14.8. The van der Waals surface area contributed by atoms with Crippen molar-refractivity contribution in [3.05, 3.63) is 59.6 Å². The van der Waals surface area contributed by atoms with Crippen molar-refractivity contribution in [2.45, 2.75) is 19.6 Å². The van der Waals surface area contributed by atoms with Gasteiger partial charge in [-0.2, -0.15) is 10.4 Å². The second-order valence-corrected chi connectivity index (χ2v) is 7.22. The Morgan fingerprint density at radius 1 is 1.32 bits per heavy atom. The van der Waals surface area contributed by atoms with Crippen LogP contribution in [0.3, 0.4) is 0 Å². The lowest BCUT2D eigenvalue weighted by molar-refractivity contribution is 0.218. The van der Waals surface area contributed by atoms with E-state index in [0.29, 0.717) is 46.1 Å². The van der Waals surface area contributed by atoms with E-state index in [9.17, 15) is 9.65 Å². The van der Waals surface area contributed by atoms with Crippen LogP contribution >= 0.6 is 0 Å². The van der Waals surface area contributed by atoms with Crippen molar-refractivity contribution in [1.29, 1.82) is 5.26 Å². The third kappa shape index (κ3) is 2.98. The molecule has 0 saturated heterocycles. The average molecular weight is 416 g/mol. The Kier molecular flexibility index (Phi) is 4.18. The highest BCUT2D eigenvalue weighted by Crippen LogP contribution is 2.35. The van der Waals surface area contributed by atoms with Gasteiger partial charge in [0.05, 0.1) is 29.7 Å². The number of aryl methyl sites for hydroxylation is 1. The number of aromatic nitrogens is 6. The first-order chi connectivity index (χ1) is 15.0. The Labute approximate surface area is 176 Å². The van der Waals surface area contributed by atoms with Crippen LogP contribution in [-0.4, -0.2) is 29.3 Å². The minimum absolute atomic E-state index is 0.0936. The number of fused-ring (bicyclic) bond motifs is 7. The van der Waals surface area contributed by atoms with Crippen LogP contribution in [0.1, 0.15) is 30.0 Å². The van der Waals surface area contributed by atoms with Crippen molar-refractivity contribution >= 4 is 5.82 Å². The molecule has 1 aliphatic rings. The molecule has 2 N–H and O–H groups in total. The van der Waals surface area contributed by atoms with Crippen molar-refractivity contribution in [2.75, 3.05) is 5.73 Å². The molecular weight excluding hydrogens is 399 g/mol. The Morgan fingerprint density at radius 2 is 2.16 bits per heavy atom. The largest absolute Gasteiger partial charge is 0.467 e. The molecule has 0 fully saturated rings. The number of hydrogen-bond acceptors (Lipinski definition) is 7. The summed E-state index contributed by atoms with van der Waals surface area (Å²) in [7, 11) is 1.70. The van der Waals surface area contributed by atoms with E-state index in [1.807, 2.05) is 10.8 Å². The summed E-state index contributed by atoms with van der Waals surface area (Å²) in [5, 5.41) is 14.3. The molecule has 1 aliphatic heterocycles. The molecule has 1 aromatic carbocycles. The number of ether oxygens (including phenoxy) is 1. The molecular formula is C21H17FN8O. The molecule has 1 unspecified atom stereocenters. The van der Waals surface area contributed by atoms with Gasteiger partial charge in [0.15, 0.2) is 5.82 Å². The molecule has 0 aliphatic carbocycles. The van der Waals surface area contributed by atoms with Crippen molar-refractivity contribution in [1.82, 2.24) is 29.3 Å². The number of nitrogens with zero attached hydrogens (tertiary/aromatic N) is 7. The maximum Gasteiger partial charge on any atom is 0.258 e. The standard InChI is InChI=1S/C21H17FN8O/c1-11-14-7-12(22)3-4-13(14)20-25-5-6-30(20)10-16-18(17(8-23)29(2)28-16)15-9-26-19(24)21(27-15)31-11/h3-7,9,11H,10H2,1-2H3,(H2,24,26). The highest BCUT2D eigenvalue weighted by Gasteiger charge is 2.25. The Balaban J connectivity index is 1.83. The maximum absolute atomic E-state index is 14.1. The second kappa shape index (κ2) is 6.91. The number of anilines is 1. The summed E-state index contributed by atoms with van der Waals surface area (Å²) in [5.41, 5.74) is 9.23. The predicted molar refractivity (Wildman–Crippen MR) is 109 cm³/mol. The van der Waals surface area contributed by atoms with Crippen LogP contribution in [0.2, 0.25) is 0 Å². The summed E-state index contributed by atoms with van der Waals surface area (Å²) < 4.78 is 23.5. The third-order valence-corrected chi connectivity index (χ3v) is 5.27. The molecule has 4 heterocycles. The van der Waals surface area contributed by atoms with Crippen molar-refractivity contribution in [3.63, 3.8) is 0 Å². The molecule has 0 radical (unpaired) electrons. The zero-order valence-electron chi connectivity index (χ0n) is 16.7. The van der Waals surface area contributed by atoms with Gasteiger partial charge in [0.2, 0.25) is 0 Å². The zero-order valence-corrected chi connectivity index (χ0v) is 16.7. The van der Waals surface area contributed by atoms with Gasteiger partial charge >= 0.3 is 0 Å². The summed E-state index contributed by atoms with van der Waals surface area (Å²) in [6, 6.07) is 6.64. The molecule has 31 heavy (non-hydrogen) atoms. The van der Waals surface area contributed by atoms with E-state index < -0.39 is 11.9 Å². The van der Waals surface area contributed by atoms with E-state index in [4.69, 9.17) is 10.5 Å². The highest BCUT2D eigenvalue weighted by molar-refractivity contribution is 5.70. The molecule has 154 valence electrons. The van der Waals surface area contributed by atoms with E-state index in [-0.39, 0.29) is 11.7 Å². The van der Waals surface area contributed by atoms with Crippen LogP contribution in [-0.2, 0) is 13.6 Å². The molecule has 0 saturated carbocycles. The number of nitrogen functional groups attached to an aromatic ring is 1. The van der Waals surface area contributed by atoms with Crippen LogP contribution in [0.5, 0.6) is 5.88 Å². The van der Waals surface area contributed by atoms with E-state index >= 15 is 0 Å². The summed E-state index contributed by atoms with van der Waals surface area (Å²) in [6.45, 7) is 2.11. The predicted octanol–water partition coefficient (Wildman–Crippen LogP) is 2.84. The smallest absolute Gasteiger partial charge is 0.258 e. The Bertz CT molecular complexity index is 1370. The quantitative estimate of drug-likeness (QED) is 0.468. The topological polar surface area (TPSA) is 120 Å². The first-order valence-corrected chi connectivity index (χ1v) is 9.52. The van der Waals surface area contributed by atoms with Crippen LogP contribution < -0.4 is 10.5 Å². The first-order valence-electron chi connectivity index (χ1n) is 9.52. The molecule has 0 amide bonds. The Hall–Kier alpha value is -4.26. The molecule has 3 aromatic heterocycles. The molecule has 4 aromatic rings. The summed E-state index contributed by atoms with van der Waals surface area (Å²) >= 11 is 0. The highest BCUT2D eigenvalue weighted by atomic mass is 19.1. The SMILES string of the molecule is CC1Oc2nc(cnc2N)-c2c(nn(C)c2C#N)Cn2ccnc2-c2ccc(F)cc21. The molecule has 9 nitrogen and oxygen atoms in total. The molecule has 5 rings (SSSR count). The van der Waals surface area contributed by atoms with Crippen LogP contribution in [0, 0.1) is 17.1 Å². The number of nitriles is 1. The fourth-order valence-electron chi connectivity index (χ4n) is 3.82. The van der Waals surface area contributed by atoms with Crippen LogP contribution in [0.25, 0.3) is 22.6 Å². The van der Waals surface area contributed by atoms with Gasteiger partial charge in [-0.25, -0.2) is 19.3 Å². The number of benzene rings is 1. The number of hydrogen-bond donors (Lipinski definition) is 1. The van der Waals surface area contributed by atoms with Gasteiger partial charge < -0.3 is 15.0 Å². The monoisotopic (exact) mass is 416 g/mol. The molecule has 2 bridgehead atoms. The lowest BCUT2D eigenvalue weighted by Gasteiger charge is -2.20. The fourth-order valence-corrected chi connectivity index (χ4v) is 3.82. The minimum Gasteiger partial charge on any atom is -0.467 e. The van der Waals surface area contributed by atoms with Gasteiger partial charge in [0.25, 0.3) is 5.88 Å². The summed E-state index contributed by atoms with van der Waals surface area (Å²) in [6.07, 6.45) is 4.37. The zero-order chi connectivity index (χ0) is 21.7. The van der Waals surface area contributed by atoms with Gasteiger partial charge in [-0.05, 0) is 25.1 Å². The lowest BCUT2D eigenvalue weighted by Crippen LogP contribution is -2.12. The maximum atomic E-state index is 14.1. The first kappa shape index (κ1) is 18.7. The lowest BCUT2D eigenvalue weighted by atomic mass is 10.0. The van der Waals surface area contributed by atoms with Crippen LogP contribution in [0.15, 0.2) is 36.8 Å². The van der Waals surface area contributed by atoms with E-state index in [0.717, 1.165) is 0 Å². The summed E-state index contributed by atoms with van der Waals surface area (Å²) in [4.78, 5) is 13.2. The molecule has 10 heteroatoms. The number of imidazole rings is 1.